The van der Waals surface area contributed by atoms with Crippen molar-refractivity contribution in [2.45, 2.75) is 4.90 Å². The molecule has 0 bridgehead atoms. The van der Waals surface area contributed by atoms with E-state index in [1.54, 1.807) is 0 Å². The summed E-state index contributed by atoms with van der Waals surface area (Å²) in [7, 11) is -2.54. The molecule has 170 valence electrons. The number of thiophene rings is 1. The molecule has 0 fully saturated rings. The molecule has 0 aliphatic carbocycles. The van der Waals surface area contributed by atoms with Crippen LogP contribution in [0.25, 0.3) is 10.1 Å². The van der Waals surface area contributed by atoms with Gasteiger partial charge < -0.3 is 10.1 Å². The van der Waals surface area contributed by atoms with Crippen LogP contribution in [0.1, 0.15) is 9.67 Å². The Morgan fingerprint density at radius 3 is 2.55 bits per heavy atom. The van der Waals surface area contributed by atoms with E-state index in [1.807, 2.05) is 24.3 Å². The van der Waals surface area contributed by atoms with E-state index in [0.29, 0.717) is 15.6 Å². The smallest absolute Gasteiger partial charge is 0.271 e. The van der Waals surface area contributed by atoms with Crippen LogP contribution in [0.5, 0.6) is 5.88 Å². The first kappa shape index (κ1) is 23.3. The number of thiocarbonyl (C=S) groups is 1. The molecule has 2 aromatic heterocycles. The number of anilines is 2. The minimum atomic E-state index is -3.90. The van der Waals surface area contributed by atoms with Crippen molar-refractivity contribution >= 4 is 89.5 Å². The number of fused-ring (bicyclic) bond motifs is 1. The highest BCUT2D eigenvalue weighted by atomic mass is 35.5. The Kier molecular flexibility index (Phi) is 6.76. The van der Waals surface area contributed by atoms with Crippen LogP contribution in [0.2, 0.25) is 5.02 Å². The Bertz CT molecular complexity index is 1450. The molecular weight excluding hydrogens is 526 g/mol. The van der Waals surface area contributed by atoms with Gasteiger partial charge in [-0.3, -0.25) is 14.8 Å². The fraction of sp³-hybridized carbons (Fsp3) is 0.0526. The zero-order valence-corrected chi connectivity index (χ0v) is 20.7. The third kappa shape index (κ3) is 5.07. The molecule has 0 saturated heterocycles. The number of carbonyl (C=O) groups is 1. The molecule has 0 saturated carbocycles. The number of hydrogen-bond acceptors (Lipinski definition) is 9. The largest absolute Gasteiger partial charge is 0.478 e. The molecule has 9 nitrogen and oxygen atoms in total. The van der Waals surface area contributed by atoms with E-state index in [4.69, 9.17) is 28.6 Å². The zero-order valence-electron chi connectivity index (χ0n) is 16.7. The lowest BCUT2D eigenvalue weighted by Crippen LogP contribution is -2.33. The highest BCUT2D eigenvalue weighted by molar-refractivity contribution is 7.92. The Balaban J connectivity index is 1.41. The van der Waals surface area contributed by atoms with Crippen LogP contribution in [-0.2, 0) is 10.0 Å². The summed E-state index contributed by atoms with van der Waals surface area (Å²) in [5.74, 6) is -0.344. The molecule has 0 aliphatic rings. The van der Waals surface area contributed by atoms with E-state index in [9.17, 15) is 13.2 Å². The van der Waals surface area contributed by atoms with Gasteiger partial charge in [-0.1, -0.05) is 29.8 Å². The van der Waals surface area contributed by atoms with Crippen molar-refractivity contribution in [1.82, 2.24) is 14.1 Å². The van der Waals surface area contributed by atoms with Crippen molar-refractivity contribution in [3.8, 4) is 5.88 Å². The highest BCUT2D eigenvalue weighted by Crippen LogP contribution is 2.35. The second-order valence-corrected chi connectivity index (χ2v) is 10.5. The Labute approximate surface area is 207 Å². The number of carbonyl (C=O) groups excluding carboxylic acids is 1. The number of nitrogens with zero attached hydrogens (tertiary/aromatic N) is 2. The van der Waals surface area contributed by atoms with Gasteiger partial charge in [-0.05, 0) is 42.5 Å². The van der Waals surface area contributed by atoms with E-state index in [2.05, 4.69) is 24.1 Å². The lowest BCUT2D eigenvalue weighted by Gasteiger charge is -2.10. The van der Waals surface area contributed by atoms with E-state index in [-0.39, 0.29) is 21.7 Å². The molecule has 2 heterocycles. The number of nitrogens with one attached hydrogen (secondary N) is 3. The fourth-order valence-corrected chi connectivity index (χ4v) is 5.92. The Morgan fingerprint density at radius 2 is 1.85 bits per heavy atom. The van der Waals surface area contributed by atoms with Crippen LogP contribution in [0.3, 0.4) is 0 Å². The van der Waals surface area contributed by atoms with Gasteiger partial charge in [-0.15, -0.1) is 15.7 Å². The van der Waals surface area contributed by atoms with Crippen molar-refractivity contribution < 1.29 is 17.9 Å². The molecule has 1 amide bonds. The van der Waals surface area contributed by atoms with Crippen LogP contribution >= 0.6 is 46.9 Å². The fourth-order valence-electron chi connectivity index (χ4n) is 2.76. The third-order valence-electron chi connectivity index (χ3n) is 4.27. The van der Waals surface area contributed by atoms with E-state index < -0.39 is 15.9 Å². The molecule has 3 N–H and O–H groups in total. The number of rotatable bonds is 6. The van der Waals surface area contributed by atoms with Crippen molar-refractivity contribution in [3.05, 3.63) is 58.4 Å². The summed E-state index contributed by atoms with van der Waals surface area (Å²) in [6.45, 7) is 0. The summed E-state index contributed by atoms with van der Waals surface area (Å²) in [5, 5.41) is 6.63. The van der Waals surface area contributed by atoms with Gasteiger partial charge in [0.15, 0.2) is 5.11 Å². The summed E-state index contributed by atoms with van der Waals surface area (Å²) < 4.78 is 41.0. The normalized spacial score (nSPS) is 11.2. The first-order valence-corrected chi connectivity index (χ1v) is 12.9. The van der Waals surface area contributed by atoms with E-state index >= 15 is 0 Å². The summed E-state index contributed by atoms with van der Waals surface area (Å²) in [4.78, 5) is 12.9. The Morgan fingerprint density at radius 1 is 1.12 bits per heavy atom. The summed E-state index contributed by atoms with van der Waals surface area (Å²) in [6, 6.07) is 13.2. The molecule has 14 heteroatoms. The van der Waals surface area contributed by atoms with Crippen LogP contribution in [-0.4, -0.2) is 35.3 Å². The SMILES string of the molecule is COc1nsnc1NS(=O)(=O)c1ccc(NC(=S)NC(=O)c2sc3ccccc3c2Cl)cc1. The lowest BCUT2D eigenvalue weighted by atomic mass is 10.2. The van der Waals surface area contributed by atoms with Crippen LogP contribution in [0.4, 0.5) is 11.5 Å². The second-order valence-electron chi connectivity index (χ2n) is 6.40. The lowest BCUT2D eigenvalue weighted by molar-refractivity contribution is 0.0982. The first-order valence-electron chi connectivity index (χ1n) is 9.07. The molecule has 4 aromatic rings. The molecule has 33 heavy (non-hydrogen) atoms. The molecule has 4 rings (SSSR count). The molecule has 0 atom stereocenters. The molecular formula is C19H14ClN5O4S4. The molecule has 0 unspecified atom stereocenters. The second kappa shape index (κ2) is 9.57. The maximum Gasteiger partial charge on any atom is 0.271 e. The summed E-state index contributed by atoms with van der Waals surface area (Å²) >= 11 is 13.6. The predicted octanol–water partition coefficient (Wildman–Crippen LogP) is 4.34. The van der Waals surface area contributed by atoms with E-state index in [1.165, 1.54) is 42.7 Å². The van der Waals surface area contributed by atoms with Gasteiger partial charge in [0.05, 0.1) is 28.8 Å². The van der Waals surface area contributed by atoms with Crippen molar-refractivity contribution in [2.24, 2.45) is 0 Å². The number of methoxy groups -OCH3 is 1. The van der Waals surface area contributed by atoms with Gasteiger partial charge in [-0.25, -0.2) is 8.42 Å². The summed E-state index contributed by atoms with van der Waals surface area (Å²) in [6.07, 6.45) is 0. The number of aromatic nitrogens is 2. The molecule has 0 aliphatic heterocycles. The molecule has 2 aromatic carbocycles. The number of sulfonamides is 1. The topological polar surface area (TPSA) is 122 Å². The van der Waals surface area contributed by atoms with Crippen LogP contribution in [0, 0.1) is 0 Å². The monoisotopic (exact) mass is 539 g/mol. The van der Waals surface area contributed by atoms with E-state index in [0.717, 1.165) is 21.8 Å². The predicted molar refractivity (Wildman–Crippen MR) is 134 cm³/mol. The third-order valence-corrected chi connectivity index (χ3v) is 8.02. The number of hydrogen-bond donors (Lipinski definition) is 3. The van der Waals surface area contributed by atoms with Gasteiger partial charge in [0.2, 0.25) is 5.82 Å². The molecule has 0 spiro atoms. The maximum absolute atomic E-state index is 12.6. The zero-order chi connectivity index (χ0) is 23.6. The highest BCUT2D eigenvalue weighted by Gasteiger charge is 2.20. The van der Waals surface area contributed by atoms with Gasteiger partial charge in [-0.2, -0.15) is 4.37 Å². The number of ether oxygens (including phenoxy) is 1. The summed E-state index contributed by atoms with van der Waals surface area (Å²) in [5.41, 5.74) is 0.481. The Hall–Kier alpha value is -2.84. The quantitative estimate of drug-likeness (QED) is 0.309. The number of halogens is 1. The van der Waals surface area contributed by atoms with Crippen molar-refractivity contribution in [1.29, 1.82) is 0 Å². The minimum Gasteiger partial charge on any atom is -0.478 e. The van der Waals surface area contributed by atoms with Gasteiger partial charge >= 0.3 is 0 Å². The standard InChI is InChI=1S/C19H14ClN5O4S4/c1-29-18-16(23-32-24-18)25-33(27,28)11-8-6-10(7-9-11)21-19(30)22-17(26)15-14(20)12-4-2-3-5-13(12)31-15/h2-9H,1H3,(H,23,25)(H2,21,22,26,30). The first-order chi connectivity index (χ1) is 15.8. The van der Waals surface area contributed by atoms with Crippen LogP contribution < -0.4 is 20.1 Å². The van der Waals surface area contributed by atoms with Gasteiger partial charge in [0.25, 0.3) is 21.8 Å². The number of benzene rings is 2. The van der Waals surface area contributed by atoms with Crippen molar-refractivity contribution in [3.63, 3.8) is 0 Å². The van der Waals surface area contributed by atoms with Crippen LogP contribution in [0.15, 0.2) is 53.4 Å². The number of amides is 1. The van der Waals surface area contributed by atoms with Gasteiger partial charge in [0.1, 0.15) is 4.88 Å². The average Bonchev–Trinajstić information content (AvgIpc) is 3.37. The van der Waals surface area contributed by atoms with Crippen molar-refractivity contribution in [2.75, 3.05) is 17.1 Å². The molecule has 0 radical (unpaired) electrons. The van der Waals surface area contributed by atoms with Gasteiger partial charge in [0, 0.05) is 15.8 Å². The maximum atomic E-state index is 12.6. The minimum absolute atomic E-state index is 0.00452. The average molecular weight is 540 g/mol.